The fourth-order valence-corrected chi connectivity index (χ4v) is 14.2. The number of allylic oxidation sites excluding steroid dienone is 24. The van der Waals surface area contributed by atoms with Gasteiger partial charge in [-0.3, -0.25) is 0 Å². The number of fused-ring (bicyclic) bond motifs is 5. The van der Waals surface area contributed by atoms with E-state index in [4.69, 9.17) is 0 Å². The van der Waals surface area contributed by atoms with Crippen LogP contribution in [-0.2, 0) is 0 Å². The SMILES string of the molecule is CC(C1=CC2=C(CC1)C1=CC=C(C3=CC=C4C(C3)C3C=CC=CC3N4c3ccccc3)CC1C2(C)C)C(CC1CC=C(C2C=CCCC2)CC1)C1C=CC(C2=CCCCC2)=CC1. The lowest BCUT2D eigenvalue weighted by molar-refractivity contribution is 0.230. The first-order chi connectivity index (χ1) is 30.4. The van der Waals surface area contributed by atoms with Gasteiger partial charge in [-0.2, -0.15) is 0 Å². The molecule has 0 aromatic heterocycles. The predicted molar refractivity (Wildman–Crippen MR) is 262 cm³/mol. The van der Waals surface area contributed by atoms with Crippen LogP contribution in [0.15, 0.2) is 183 Å². The molecular weight excluding hydrogens is 747 g/mol. The monoisotopic (exact) mass is 818 g/mol. The molecule has 0 radical (unpaired) electrons. The number of hydrogen-bond acceptors (Lipinski definition) is 1. The van der Waals surface area contributed by atoms with Gasteiger partial charge in [0.15, 0.2) is 0 Å². The number of anilines is 1. The molecule has 320 valence electrons. The summed E-state index contributed by atoms with van der Waals surface area (Å²) < 4.78 is 0. The third-order valence-electron chi connectivity index (χ3n) is 17.9. The summed E-state index contributed by atoms with van der Waals surface area (Å²) in [5, 5.41) is 0. The van der Waals surface area contributed by atoms with Gasteiger partial charge in [0.05, 0.1) is 6.04 Å². The third kappa shape index (κ3) is 7.42. The standard InChI is InChI=1S/C61H71N/c1-41(55(47-29-27-46(28-30-47)44-17-9-5-10-18-44)37-42-23-25-45(26-24-42)43-15-7-4-8-16-43)48-31-34-52-53-35-32-50(40-58(53)61(2,3)57(52)39-48)49-33-36-60-56(38-49)54-21-13-14-22-59(54)62(60)51-19-11-6-12-20-51/h6-7,11-15,17,19-22,25,27-29,32-33,35-36,39,41-43,47,54-56,58-59H,4-5,8-10,16,18,23-24,26,30-31,34,37-38,40H2,1-3H3. The quantitative estimate of drug-likeness (QED) is 0.224. The van der Waals surface area contributed by atoms with Crippen molar-refractivity contribution >= 4 is 5.69 Å². The van der Waals surface area contributed by atoms with Gasteiger partial charge < -0.3 is 4.90 Å². The number of hydrogen-bond donors (Lipinski definition) is 0. The third-order valence-corrected chi connectivity index (χ3v) is 17.9. The van der Waals surface area contributed by atoms with Crippen LogP contribution < -0.4 is 4.90 Å². The predicted octanol–water partition coefficient (Wildman–Crippen LogP) is 16.1. The van der Waals surface area contributed by atoms with Crippen molar-refractivity contribution in [2.24, 2.45) is 52.8 Å². The molecule has 0 spiro atoms. The van der Waals surface area contributed by atoms with Crippen LogP contribution >= 0.6 is 0 Å². The van der Waals surface area contributed by atoms with E-state index in [1.54, 1.807) is 44.6 Å². The van der Waals surface area contributed by atoms with Gasteiger partial charge >= 0.3 is 0 Å². The zero-order valence-corrected chi connectivity index (χ0v) is 38.1. The molecule has 9 unspecified atom stereocenters. The molecule has 9 aliphatic carbocycles. The molecule has 0 amide bonds. The van der Waals surface area contributed by atoms with Gasteiger partial charge in [0.2, 0.25) is 0 Å². The largest absolute Gasteiger partial charge is 0.337 e. The lowest BCUT2D eigenvalue weighted by atomic mass is 9.67. The maximum Gasteiger partial charge on any atom is 0.0591 e. The van der Waals surface area contributed by atoms with E-state index in [2.05, 4.69) is 153 Å². The summed E-state index contributed by atoms with van der Waals surface area (Å²) in [5.74, 6) is 5.01. The lowest BCUT2D eigenvalue weighted by Gasteiger charge is -2.38. The summed E-state index contributed by atoms with van der Waals surface area (Å²) in [6, 6.07) is 11.5. The Morgan fingerprint density at radius 2 is 1.63 bits per heavy atom. The normalized spacial score (nSPS) is 33.1. The summed E-state index contributed by atoms with van der Waals surface area (Å²) >= 11 is 0. The second kappa shape index (κ2) is 17.0. The van der Waals surface area contributed by atoms with Crippen LogP contribution in [-0.4, -0.2) is 6.04 Å². The first kappa shape index (κ1) is 40.4. The van der Waals surface area contributed by atoms with E-state index < -0.39 is 0 Å². The minimum atomic E-state index is 0.130. The van der Waals surface area contributed by atoms with Gasteiger partial charge in [-0.25, -0.2) is 0 Å². The van der Waals surface area contributed by atoms with Crippen molar-refractivity contribution in [3.8, 4) is 0 Å². The van der Waals surface area contributed by atoms with Crippen molar-refractivity contribution in [3.05, 3.63) is 183 Å². The highest BCUT2D eigenvalue weighted by molar-refractivity contribution is 5.63. The van der Waals surface area contributed by atoms with E-state index in [1.165, 1.54) is 107 Å². The number of para-hydroxylation sites is 1. The Labute approximate surface area is 374 Å². The fourth-order valence-electron chi connectivity index (χ4n) is 14.2. The molecule has 10 aliphatic rings. The highest BCUT2D eigenvalue weighted by atomic mass is 15.2. The van der Waals surface area contributed by atoms with Crippen LogP contribution in [0.5, 0.6) is 0 Å². The second-order valence-corrected chi connectivity index (χ2v) is 21.5. The van der Waals surface area contributed by atoms with Crippen molar-refractivity contribution < 1.29 is 0 Å². The molecule has 1 aromatic rings. The molecular formula is C61H71N. The summed E-state index contributed by atoms with van der Waals surface area (Å²) in [4.78, 5) is 2.62. The average Bonchev–Trinajstić information content (AvgIpc) is 3.78. The van der Waals surface area contributed by atoms with Crippen LogP contribution in [0.2, 0.25) is 0 Å². The highest BCUT2D eigenvalue weighted by Crippen LogP contribution is 2.59. The average molecular weight is 818 g/mol. The molecule has 1 aliphatic heterocycles. The number of benzene rings is 1. The first-order valence-electron chi connectivity index (χ1n) is 25.3. The zero-order valence-electron chi connectivity index (χ0n) is 38.1. The van der Waals surface area contributed by atoms with E-state index in [-0.39, 0.29) is 5.41 Å². The van der Waals surface area contributed by atoms with E-state index >= 15 is 0 Å². The van der Waals surface area contributed by atoms with Crippen LogP contribution in [0, 0.1) is 52.8 Å². The fraction of sp³-hybridized carbons (Fsp3) is 0.475. The molecule has 0 saturated carbocycles. The Hall–Kier alpha value is -4.36. The van der Waals surface area contributed by atoms with Crippen molar-refractivity contribution in [1.29, 1.82) is 0 Å². The zero-order chi connectivity index (χ0) is 41.8. The minimum absolute atomic E-state index is 0.130. The lowest BCUT2D eigenvalue weighted by Crippen LogP contribution is -2.30. The Morgan fingerprint density at radius 1 is 0.758 bits per heavy atom. The molecule has 0 N–H and O–H groups in total. The first-order valence-corrected chi connectivity index (χ1v) is 25.3. The van der Waals surface area contributed by atoms with Crippen LogP contribution in [0.3, 0.4) is 0 Å². The maximum atomic E-state index is 2.78. The van der Waals surface area contributed by atoms with Crippen LogP contribution in [0.1, 0.15) is 124 Å². The molecule has 1 heteroatoms. The minimum Gasteiger partial charge on any atom is -0.337 e. The van der Waals surface area contributed by atoms with Crippen molar-refractivity contribution in [2.75, 3.05) is 4.90 Å². The van der Waals surface area contributed by atoms with Crippen LogP contribution in [0.25, 0.3) is 0 Å². The summed E-state index contributed by atoms with van der Waals surface area (Å²) in [7, 11) is 0. The molecule has 62 heavy (non-hydrogen) atoms. The number of nitrogens with zero attached hydrogens (tertiary/aromatic N) is 1. The van der Waals surface area contributed by atoms with Gasteiger partial charge in [0.25, 0.3) is 0 Å². The Bertz CT molecular complexity index is 2350. The molecule has 1 saturated heterocycles. The Balaban J connectivity index is 0.839. The van der Waals surface area contributed by atoms with E-state index in [9.17, 15) is 0 Å². The van der Waals surface area contributed by atoms with Gasteiger partial charge in [-0.1, -0.05) is 141 Å². The Kier molecular flexibility index (Phi) is 11.1. The van der Waals surface area contributed by atoms with E-state index in [0.29, 0.717) is 41.5 Å². The molecule has 11 rings (SSSR count). The van der Waals surface area contributed by atoms with Gasteiger partial charge in [0.1, 0.15) is 0 Å². The van der Waals surface area contributed by atoms with E-state index in [0.717, 1.165) is 24.7 Å². The molecule has 1 heterocycles. The van der Waals surface area contributed by atoms with Gasteiger partial charge in [-0.05, 0) is 201 Å². The van der Waals surface area contributed by atoms with Gasteiger partial charge in [0, 0.05) is 23.2 Å². The topological polar surface area (TPSA) is 3.24 Å². The molecule has 1 fully saturated rings. The maximum absolute atomic E-state index is 2.78. The van der Waals surface area contributed by atoms with E-state index in [1.807, 2.05) is 0 Å². The number of rotatable bonds is 9. The molecule has 1 nitrogen and oxygen atoms in total. The molecule has 9 atom stereocenters. The smallest absolute Gasteiger partial charge is 0.0591 e. The van der Waals surface area contributed by atoms with Crippen LogP contribution in [0.4, 0.5) is 5.69 Å². The van der Waals surface area contributed by atoms with Crippen molar-refractivity contribution in [1.82, 2.24) is 0 Å². The molecule has 1 aromatic carbocycles. The molecule has 0 bridgehead atoms. The second-order valence-electron chi connectivity index (χ2n) is 21.5. The van der Waals surface area contributed by atoms with Crippen molar-refractivity contribution in [3.63, 3.8) is 0 Å². The summed E-state index contributed by atoms with van der Waals surface area (Å²) in [5.41, 5.74) is 17.7. The summed E-state index contributed by atoms with van der Waals surface area (Å²) in [6.45, 7) is 7.83. The summed E-state index contributed by atoms with van der Waals surface area (Å²) in [6.07, 6.45) is 60.9. The van der Waals surface area contributed by atoms with Gasteiger partial charge in [-0.15, -0.1) is 0 Å². The highest BCUT2D eigenvalue weighted by Gasteiger charge is 2.48. The Morgan fingerprint density at radius 3 is 2.42 bits per heavy atom. The van der Waals surface area contributed by atoms with Crippen molar-refractivity contribution in [2.45, 2.75) is 130 Å².